The summed E-state index contributed by atoms with van der Waals surface area (Å²) < 4.78 is 2.37. The molecule has 4 heterocycles. The van der Waals surface area contributed by atoms with E-state index in [4.69, 9.17) is 9.97 Å². The molecule has 0 N–H and O–H groups in total. The first-order valence-corrected chi connectivity index (χ1v) is 20.0. The molecule has 0 saturated carbocycles. The molecule has 0 unspecified atom stereocenters. The fraction of sp³-hybridized carbons (Fsp3) is 0.0769. The molecule has 5 nitrogen and oxygen atoms in total. The molecular formula is C52H40BN5. The number of nitrogens with zero attached hydrogens (tertiary/aromatic N) is 5. The minimum atomic E-state index is -0.0696. The van der Waals surface area contributed by atoms with Crippen molar-refractivity contribution in [3.8, 4) is 28.3 Å². The first-order valence-electron chi connectivity index (χ1n) is 20.0. The number of hydrogen-bond acceptors (Lipinski definition) is 4. The van der Waals surface area contributed by atoms with E-state index in [1.54, 1.807) is 0 Å². The van der Waals surface area contributed by atoms with Crippen LogP contribution in [-0.2, 0) is 0 Å². The first-order chi connectivity index (χ1) is 28.4. The summed E-state index contributed by atoms with van der Waals surface area (Å²) in [6.07, 6.45) is 1.98. The number of anilines is 6. The quantitative estimate of drug-likeness (QED) is 0.164. The maximum atomic E-state index is 5.39. The number of imidazole rings is 1. The lowest BCUT2D eigenvalue weighted by Gasteiger charge is -2.44. The highest BCUT2D eigenvalue weighted by atomic mass is 15.2. The summed E-state index contributed by atoms with van der Waals surface area (Å²) in [5.74, 6) is 0.932. The largest absolute Gasteiger partial charge is 0.311 e. The van der Waals surface area contributed by atoms with Gasteiger partial charge >= 0.3 is 0 Å². The van der Waals surface area contributed by atoms with E-state index in [9.17, 15) is 0 Å². The Bertz CT molecular complexity index is 3040. The van der Waals surface area contributed by atoms with Gasteiger partial charge in [-0.2, -0.15) is 0 Å². The van der Waals surface area contributed by atoms with Crippen molar-refractivity contribution in [3.63, 3.8) is 0 Å². The maximum absolute atomic E-state index is 5.39. The molecule has 9 aromatic rings. The second-order valence-corrected chi connectivity index (χ2v) is 15.7. The standard InChI is InChI=1S/C52H40BN5/c1-33-29-36(4)50(54-32-33)37-25-27-44-41(30-37)53-42-31-38(52-55-43-21-11-12-22-46(43)58(52)51-34(2)15-13-16-35(51)3)26-28-45(42)57(40-19-9-6-10-20-40)48-24-14-23-47(49(48)53)56(44)39-17-7-5-8-18-39/h5-32H,1-4H3. The molecule has 0 saturated heterocycles. The van der Waals surface area contributed by atoms with Gasteiger partial charge in [-0.1, -0.05) is 97.1 Å². The van der Waals surface area contributed by atoms with Crippen LogP contribution in [0.2, 0.25) is 0 Å². The van der Waals surface area contributed by atoms with E-state index in [0.29, 0.717) is 0 Å². The number of hydrogen-bond donors (Lipinski definition) is 0. The molecule has 6 heteroatoms. The number of fused-ring (bicyclic) bond motifs is 5. The Balaban J connectivity index is 1.22. The lowest BCUT2D eigenvalue weighted by molar-refractivity contribution is 1.06. The van der Waals surface area contributed by atoms with E-state index in [0.717, 1.165) is 56.3 Å². The van der Waals surface area contributed by atoms with Gasteiger partial charge in [0.2, 0.25) is 0 Å². The number of aryl methyl sites for hydroxylation is 4. The van der Waals surface area contributed by atoms with Crippen LogP contribution in [0.4, 0.5) is 34.1 Å². The van der Waals surface area contributed by atoms with Crippen LogP contribution >= 0.6 is 0 Å². The molecule has 58 heavy (non-hydrogen) atoms. The van der Waals surface area contributed by atoms with E-state index >= 15 is 0 Å². The molecule has 0 radical (unpaired) electrons. The summed E-state index contributed by atoms with van der Waals surface area (Å²) in [6.45, 7) is 8.60. The summed E-state index contributed by atoms with van der Waals surface area (Å²) in [4.78, 5) is 15.3. The van der Waals surface area contributed by atoms with Crippen molar-refractivity contribution >= 4 is 68.3 Å². The molecule has 276 valence electrons. The summed E-state index contributed by atoms with van der Waals surface area (Å²) >= 11 is 0. The molecule has 0 spiro atoms. The van der Waals surface area contributed by atoms with E-state index < -0.39 is 0 Å². The van der Waals surface area contributed by atoms with Gasteiger partial charge in [-0.05, 0) is 133 Å². The van der Waals surface area contributed by atoms with Crippen LogP contribution in [-0.4, -0.2) is 21.2 Å². The van der Waals surface area contributed by atoms with Gasteiger partial charge in [0.25, 0.3) is 6.71 Å². The maximum Gasteiger partial charge on any atom is 0.252 e. The van der Waals surface area contributed by atoms with Crippen LogP contribution in [0.25, 0.3) is 39.4 Å². The predicted molar refractivity (Wildman–Crippen MR) is 243 cm³/mol. The molecule has 7 aromatic carbocycles. The Kier molecular flexibility index (Phi) is 7.77. The van der Waals surface area contributed by atoms with E-state index in [2.05, 4.69) is 206 Å². The van der Waals surface area contributed by atoms with Crippen molar-refractivity contribution in [1.29, 1.82) is 0 Å². The van der Waals surface area contributed by atoms with E-state index in [1.165, 1.54) is 55.8 Å². The zero-order valence-electron chi connectivity index (χ0n) is 33.0. The van der Waals surface area contributed by atoms with Crippen LogP contribution in [0.1, 0.15) is 22.3 Å². The Morgan fingerprint density at radius 2 is 1.05 bits per heavy atom. The molecule has 0 fully saturated rings. The van der Waals surface area contributed by atoms with Gasteiger partial charge in [-0.25, -0.2) is 4.98 Å². The SMILES string of the molecule is Cc1cnc(-c2ccc3c(c2)B2c4cc(-c5nc6ccccc6n5-c5c(C)cccc5C)ccc4N(c4ccccc4)c4cccc(c42)N3c2ccccc2)c(C)c1. The molecular weight excluding hydrogens is 705 g/mol. The van der Waals surface area contributed by atoms with Crippen LogP contribution in [0.15, 0.2) is 170 Å². The number of pyridine rings is 1. The summed E-state index contributed by atoms with van der Waals surface area (Å²) in [5, 5.41) is 0. The molecule has 2 aliphatic rings. The highest BCUT2D eigenvalue weighted by molar-refractivity contribution is 7.00. The third kappa shape index (κ3) is 5.18. The Hall–Kier alpha value is -7.18. The minimum Gasteiger partial charge on any atom is -0.311 e. The monoisotopic (exact) mass is 745 g/mol. The first kappa shape index (κ1) is 34.1. The van der Waals surface area contributed by atoms with Crippen molar-refractivity contribution < 1.29 is 0 Å². The number of para-hydroxylation sites is 5. The predicted octanol–water partition coefficient (Wildman–Crippen LogP) is 11.1. The molecule has 0 aliphatic carbocycles. The van der Waals surface area contributed by atoms with Crippen molar-refractivity contribution in [2.24, 2.45) is 0 Å². The van der Waals surface area contributed by atoms with Crippen molar-refractivity contribution in [3.05, 3.63) is 192 Å². The number of rotatable bonds is 5. The van der Waals surface area contributed by atoms with Gasteiger partial charge in [0.1, 0.15) is 5.82 Å². The third-order valence-corrected chi connectivity index (χ3v) is 12.0. The van der Waals surface area contributed by atoms with E-state index in [-0.39, 0.29) is 6.71 Å². The van der Waals surface area contributed by atoms with Crippen LogP contribution in [0.3, 0.4) is 0 Å². The van der Waals surface area contributed by atoms with Crippen molar-refractivity contribution in [1.82, 2.24) is 14.5 Å². The zero-order valence-corrected chi connectivity index (χ0v) is 33.0. The average molecular weight is 746 g/mol. The lowest BCUT2D eigenvalue weighted by atomic mass is 9.33. The van der Waals surface area contributed by atoms with Gasteiger partial charge < -0.3 is 9.80 Å². The third-order valence-electron chi connectivity index (χ3n) is 12.0. The highest BCUT2D eigenvalue weighted by Crippen LogP contribution is 2.45. The second kappa shape index (κ2) is 13.2. The van der Waals surface area contributed by atoms with Crippen molar-refractivity contribution in [2.45, 2.75) is 27.7 Å². The van der Waals surface area contributed by atoms with Gasteiger partial charge in [0.05, 0.1) is 22.4 Å². The Labute approximate surface area is 339 Å². The summed E-state index contributed by atoms with van der Waals surface area (Å²) in [7, 11) is 0. The van der Waals surface area contributed by atoms with Crippen LogP contribution in [0, 0.1) is 27.7 Å². The Morgan fingerprint density at radius 3 is 1.69 bits per heavy atom. The topological polar surface area (TPSA) is 37.2 Å². The van der Waals surface area contributed by atoms with E-state index in [1.807, 2.05) is 6.20 Å². The number of benzene rings is 7. The normalized spacial score (nSPS) is 12.7. The fourth-order valence-electron chi connectivity index (χ4n) is 9.56. The molecule has 0 bridgehead atoms. The zero-order chi connectivity index (χ0) is 39.1. The molecule has 2 aromatic heterocycles. The molecule has 2 aliphatic heterocycles. The van der Waals surface area contributed by atoms with Gasteiger partial charge in [-0.3, -0.25) is 9.55 Å². The fourth-order valence-corrected chi connectivity index (χ4v) is 9.56. The molecule has 0 atom stereocenters. The highest BCUT2D eigenvalue weighted by Gasteiger charge is 2.43. The smallest absolute Gasteiger partial charge is 0.252 e. The van der Waals surface area contributed by atoms with Crippen molar-refractivity contribution in [2.75, 3.05) is 9.80 Å². The van der Waals surface area contributed by atoms with Crippen LogP contribution < -0.4 is 26.2 Å². The average Bonchev–Trinajstić information content (AvgIpc) is 3.63. The Morgan fingerprint density at radius 1 is 0.483 bits per heavy atom. The summed E-state index contributed by atoms with van der Waals surface area (Å²) in [5.41, 5.74) is 21.9. The minimum absolute atomic E-state index is 0.0696. The summed E-state index contributed by atoms with van der Waals surface area (Å²) in [6, 6.07) is 59.6. The molecule has 0 amide bonds. The van der Waals surface area contributed by atoms with Crippen LogP contribution in [0.5, 0.6) is 0 Å². The lowest BCUT2D eigenvalue weighted by Crippen LogP contribution is -2.61. The van der Waals surface area contributed by atoms with Gasteiger partial charge in [0, 0.05) is 51.4 Å². The number of aromatic nitrogens is 3. The van der Waals surface area contributed by atoms with Gasteiger partial charge in [-0.15, -0.1) is 0 Å². The van der Waals surface area contributed by atoms with Gasteiger partial charge in [0.15, 0.2) is 0 Å². The molecule has 11 rings (SSSR count). The second-order valence-electron chi connectivity index (χ2n) is 15.7.